The minimum absolute atomic E-state index is 0.0235. The van der Waals surface area contributed by atoms with Crippen molar-refractivity contribution in [3.05, 3.63) is 28.3 Å². The van der Waals surface area contributed by atoms with E-state index in [0.717, 1.165) is 28.7 Å². The Hall–Kier alpha value is -1.93. The van der Waals surface area contributed by atoms with Gasteiger partial charge in [0.25, 0.3) is 0 Å². The van der Waals surface area contributed by atoms with E-state index in [1.807, 2.05) is 33.8 Å². The van der Waals surface area contributed by atoms with Crippen LogP contribution in [-0.4, -0.2) is 73.6 Å². The highest BCUT2D eigenvalue weighted by Gasteiger charge is 2.33. The quantitative estimate of drug-likeness (QED) is 0.755. The van der Waals surface area contributed by atoms with Gasteiger partial charge in [-0.2, -0.15) is 4.31 Å². The fourth-order valence-electron chi connectivity index (χ4n) is 4.01. The van der Waals surface area contributed by atoms with E-state index in [9.17, 15) is 18.0 Å². The number of likely N-dealkylation sites (tertiary alicyclic amines) is 1. The lowest BCUT2D eigenvalue weighted by Gasteiger charge is -2.35. The first kappa shape index (κ1) is 20.8. The van der Waals surface area contributed by atoms with Crippen molar-refractivity contribution in [2.24, 2.45) is 0 Å². The number of carbonyl (C=O) groups is 2. The van der Waals surface area contributed by atoms with Crippen LogP contribution in [0.2, 0.25) is 0 Å². The fraction of sp³-hybridized carbons (Fsp3) is 0.600. The second-order valence-electron chi connectivity index (χ2n) is 7.79. The van der Waals surface area contributed by atoms with Crippen LogP contribution in [0.5, 0.6) is 0 Å². The van der Waals surface area contributed by atoms with Gasteiger partial charge in [0.2, 0.25) is 21.8 Å². The summed E-state index contributed by atoms with van der Waals surface area (Å²) >= 11 is 0. The lowest BCUT2D eigenvalue weighted by atomic mass is 10.0. The third-order valence-electron chi connectivity index (χ3n) is 5.98. The topological polar surface area (TPSA) is 78.0 Å². The fourth-order valence-corrected chi connectivity index (χ4v) is 6.01. The zero-order valence-electron chi connectivity index (χ0n) is 17.1. The average molecular weight is 408 g/mol. The second-order valence-corrected chi connectivity index (χ2v) is 9.67. The van der Waals surface area contributed by atoms with Gasteiger partial charge in [0, 0.05) is 39.1 Å². The molecule has 1 aromatic carbocycles. The predicted molar refractivity (Wildman–Crippen MR) is 107 cm³/mol. The monoisotopic (exact) mass is 407 g/mol. The molecular weight excluding hydrogens is 378 g/mol. The van der Waals surface area contributed by atoms with E-state index in [2.05, 4.69) is 0 Å². The third kappa shape index (κ3) is 3.80. The van der Waals surface area contributed by atoms with Gasteiger partial charge in [-0.05, 0) is 56.4 Å². The van der Waals surface area contributed by atoms with Crippen LogP contribution in [0.15, 0.2) is 11.0 Å². The number of nitrogens with zero attached hydrogens (tertiary/aromatic N) is 3. The van der Waals surface area contributed by atoms with Crippen molar-refractivity contribution in [1.29, 1.82) is 0 Å². The number of sulfonamides is 1. The van der Waals surface area contributed by atoms with Crippen molar-refractivity contribution in [3.8, 4) is 0 Å². The van der Waals surface area contributed by atoms with Gasteiger partial charge < -0.3 is 9.80 Å². The molecule has 0 bridgehead atoms. The average Bonchev–Trinajstić information content (AvgIpc) is 3.05. The Bertz CT molecular complexity index is 876. The largest absolute Gasteiger partial charge is 0.339 e. The Balaban J connectivity index is 1.71. The molecule has 8 heteroatoms. The molecule has 28 heavy (non-hydrogen) atoms. The number of piperazine rings is 1. The second kappa shape index (κ2) is 7.83. The lowest BCUT2D eigenvalue weighted by molar-refractivity contribution is -0.139. The molecule has 2 aliphatic rings. The summed E-state index contributed by atoms with van der Waals surface area (Å²) < 4.78 is 28.1. The Morgan fingerprint density at radius 1 is 0.964 bits per heavy atom. The highest BCUT2D eigenvalue weighted by molar-refractivity contribution is 7.89. The van der Waals surface area contributed by atoms with Crippen LogP contribution < -0.4 is 0 Å². The number of benzene rings is 1. The van der Waals surface area contributed by atoms with Gasteiger partial charge in [-0.15, -0.1) is 0 Å². The number of hydrogen-bond donors (Lipinski definition) is 0. The smallest absolute Gasteiger partial charge is 0.243 e. The first-order valence-corrected chi connectivity index (χ1v) is 11.2. The van der Waals surface area contributed by atoms with Crippen molar-refractivity contribution in [2.75, 3.05) is 39.3 Å². The number of hydrogen-bond acceptors (Lipinski definition) is 4. The summed E-state index contributed by atoms with van der Waals surface area (Å²) in [5.74, 6) is -0.0820. The van der Waals surface area contributed by atoms with Gasteiger partial charge in [-0.25, -0.2) is 8.42 Å². The molecule has 0 aliphatic carbocycles. The lowest BCUT2D eigenvalue weighted by Crippen LogP contribution is -2.52. The molecule has 2 fully saturated rings. The van der Waals surface area contributed by atoms with Crippen LogP contribution in [0.25, 0.3) is 0 Å². The standard InChI is InChI=1S/C20H29N3O4S/c1-14-12-15(2)17(4)20(16(14)3)28(26,27)23-10-8-21(9-11-23)19(25)13-22-7-5-6-18(22)24/h12H,5-11,13H2,1-4H3. The molecule has 154 valence electrons. The number of rotatable bonds is 4. The molecule has 0 spiro atoms. The molecule has 2 saturated heterocycles. The van der Waals surface area contributed by atoms with Crippen molar-refractivity contribution in [2.45, 2.75) is 45.4 Å². The van der Waals surface area contributed by atoms with Gasteiger partial charge in [-0.1, -0.05) is 6.07 Å². The van der Waals surface area contributed by atoms with E-state index in [1.165, 1.54) is 4.31 Å². The van der Waals surface area contributed by atoms with E-state index < -0.39 is 10.0 Å². The van der Waals surface area contributed by atoms with Gasteiger partial charge in [0.15, 0.2) is 0 Å². The maximum absolute atomic E-state index is 13.3. The van der Waals surface area contributed by atoms with Crippen molar-refractivity contribution >= 4 is 21.8 Å². The maximum atomic E-state index is 13.3. The number of carbonyl (C=O) groups excluding carboxylic acids is 2. The summed E-state index contributed by atoms with van der Waals surface area (Å²) in [7, 11) is -3.62. The molecule has 0 saturated carbocycles. The zero-order valence-corrected chi connectivity index (χ0v) is 17.9. The minimum atomic E-state index is -3.62. The van der Waals surface area contributed by atoms with E-state index in [0.29, 0.717) is 31.0 Å². The van der Waals surface area contributed by atoms with Crippen LogP contribution in [0.3, 0.4) is 0 Å². The van der Waals surface area contributed by atoms with Crippen molar-refractivity contribution < 1.29 is 18.0 Å². The molecule has 0 aromatic heterocycles. The van der Waals surface area contributed by atoms with Crippen LogP contribution in [-0.2, 0) is 19.6 Å². The van der Waals surface area contributed by atoms with E-state index in [1.54, 1.807) is 9.80 Å². The molecule has 3 rings (SSSR count). The molecule has 2 heterocycles. The van der Waals surface area contributed by atoms with Crippen LogP contribution in [0, 0.1) is 27.7 Å². The predicted octanol–water partition coefficient (Wildman–Crippen LogP) is 1.38. The first-order valence-electron chi connectivity index (χ1n) is 9.76. The van der Waals surface area contributed by atoms with Crippen molar-refractivity contribution in [3.63, 3.8) is 0 Å². The van der Waals surface area contributed by atoms with Crippen LogP contribution in [0.4, 0.5) is 0 Å². The molecule has 0 radical (unpaired) electrons. The molecule has 2 amide bonds. The number of amides is 2. The van der Waals surface area contributed by atoms with Crippen molar-refractivity contribution in [1.82, 2.24) is 14.1 Å². The molecule has 2 aliphatic heterocycles. The summed E-state index contributed by atoms with van der Waals surface area (Å²) in [6, 6.07) is 2.01. The molecule has 0 N–H and O–H groups in total. The Morgan fingerprint density at radius 3 is 2.04 bits per heavy atom. The van der Waals surface area contributed by atoms with Crippen LogP contribution >= 0.6 is 0 Å². The maximum Gasteiger partial charge on any atom is 0.243 e. The van der Waals surface area contributed by atoms with Gasteiger partial charge in [0.1, 0.15) is 0 Å². The highest BCUT2D eigenvalue weighted by Crippen LogP contribution is 2.29. The summed E-state index contributed by atoms with van der Waals surface area (Å²) in [4.78, 5) is 27.9. The van der Waals surface area contributed by atoms with Gasteiger partial charge >= 0.3 is 0 Å². The summed E-state index contributed by atoms with van der Waals surface area (Å²) in [6.45, 7) is 9.52. The molecular formula is C20H29N3O4S. The summed E-state index contributed by atoms with van der Waals surface area (Å²) in [5.41, 5.74) is 3.50. The summed E-state index contributed by atoms with van der Waals surface area (Å²) in [5, 5.41) is 0. The zero-order chi connectivity index (χ0) is 20.6. The third-order valence-corrected chi connectivity index (χ3v) is 8.16. The Morgan fingerprint density at radius 2 is 1.54 bits per heavy atom. The molecule has 0 atom stereocenters. The normalized spacial score (nSPS) is 18.8. The Labute approximate surface area is 167 Å². The van der Waals surface area contributed by atoms with E-state index in [4.69, 9.17) is 0 Å². The molecule has 1 aromatic rings. The highest BCUT2D eigenvalue weighted by atomic mass is 32.2. The van der Waals surface area contributed by atoms with Crippen LogP contribution in [0.1, 0.15) is 35.1 Å². The van der Waals surface area contributed by atoms with Gasteiger partial charge in [-0.3, -0.25) is 9.59 Å². The Kier molecular flexibility index (Phi) is 5.82. The van der Waals surface area contributed by atoms with E-state index >= 15 is 0 Å². The summed E-state index contributed by atoms with van der Waals surface area (Å²) in [6.07, 6.45) is 1.31. The first-order chi connectivity index (χ1) is 13.1. The van der Waals surface area contributed by atoms with Gasteiger partial charge in [0.05, 0.1) is 11.4 Å². The number of aryl methyl sites for hydroxylation is 2. The molecule has 7 nitrogen and oxygen atoms in total. The molecule has 0 unspecified atom stereocenters. The van der Waals surface area contributed by atoms with E-state index in [-0.39, 0.29) is 31.4 Å². The SMILES string of the molecule is Cc1cc(C)c(C)c(S(=O)(=O)N2CCN(C(=O)CN3CCCC3=O)CC2)c1C. The minimum Gasteiger partial charge on any atom is -0.339 e.